The summed E-state index contributed by atoms with van der Waals surface area (Å²) in [7, 11) is 0. The average molecular weight is 216 g/mol. The van der Waals surface area contributed by atoms with Gasteiger partial charge in [0.1, 0.15) is 0 Å². The quantitative estimate of drug-likeness (QED) is 0.794. The van der Waals surface area contributed by atoms with Crippen LogP contribution in [0.25, 0.3) is 11.3 Å². The number of hydrogen-bond donors (Lipinski definition) is 1. The fourth-order valence-corrected chi connectivity index (χ4v) is 1.93. The lowest BCUT2D eigenvalue weighted by Gasteiger charge is -2.01. The summed E-state index contributed by atoms with van der Waals surface area (Å²) in [6, 6.07) is 6.16. The number of nitrogens with two attached hydrogens (primary N) is 1. The topological polar surface area (TPSA) is 61.3 Å². The molecule has 0 spiro atoms. The van der Waals surface area contributed by atoms with Gasteiger partial charge in [-0.05, 0) is 24.1 Å². The molecular formula is C12H12N2O2. The smallest absolute Gasteiger partial charge is 0.171 e. The highest BCUT2D eigenvalue weighted by atomic mass is 16.5. The van der Waals surface area contributed by atoms with Crippen LogP contribution < -0.4 is 5.73 Å². The van der Waals surface area contributed by atoms with Gasteiger partial charge in [-0.15, -0.1) is 0 Å². The van der Waals surface area contributed by atoms with Gasteiger partial charge >= 0.3 is 0 Å². The maximum Gasteiger partial charge on any atom is 0.171 e. The van der Waals surface area contributed by atoms with Gasteiger partial charge in [-0.25, -0.2) is 0 Å². The summed E-state index contributed by atoms with van der Waals surface area (Å²) in [5, 5.41) is 3.76. The molecule has 4 nitrogen and oxygen atoms in total. The molecule has 0 unspecified atom stereocenters. The number of ether oxygens (including phenoxy) is 1. The minimum atomic E-state index is 0.451. The molecule has 0 fully saturated rings. The Hall–Kier alpha value is -1.81. The van der Waals surface area contributed by atoms with Crippen molar-refractivity contribution < 1.29 is 9.26 Å². The van der Waals surface area contributed by atoms with E-state index in [2.05, 4.69) is 17.3 Å². The molecule has 0 atom stereocenters. The van der Waals surface area contributed by atoms with Gasteiger partial charge in [-0.2, -0.15) is 0 Å². The first-order valence-corrected chi connectivity index (χ1v) is 5.17. The molecule has 82 valence electrons. The van der Waals surface area contributed by atoms with Crippen LogP contribution >= 0.6 is 0 Å². The van der Waals surface area contributed by atoms with Crippen LogP contribution in [0, 0.1) is 6.92 Å². The Bertz CT molecular complexity index is 546. The van der Waals surface area contributed by atoms with Gasteiger partial charge < -0.3 is 15.0 Å². The van der Waals surface area contributed by atoms with E-state index in [1.54, 1.807) is 0 Å². The van der Waals surface area contributed by atoms with E-state index < -0.39 is 0 Å². The fourth-order valence-electron chi connectivity index (χ4n) is 1.93. The molecule has 0 aliphatic carbocycles. The lowest BCUT2D eigenvalue weighted by atomic mass is 10.0. The Morgan fingerprint density at radius 2 is 2.06 bits per heavy atom. The maximum atomic E-state index is 5.66. The van der Waals surface area contributed by atoms with E-state index in [-0.39, 0.29) is 0 Å². The van der Waals surface area contributed by atoms with Crippen molar-refractivity contribution in [3.05, 3.63) is 34.9 Å². The molecule has 16 heavy (non-hydrogen) atoms. The van der Waals surface area contributed by atoms with Gasteiger partial charge in [-0.3, -0.25) is 0 Å². The third-order valence-electron chi connectivity index (χ3n) is 2.94. The Kier molecular flexibility index (Phi) is 1.97. The first-order valence-electron chi connectivity index (χ1n) is 5.17. The zero-order chi connectivity index (χ0) is 11.1. The molecule has 2 aromatic rings. The molecule has 1 aliphatic heterocycles. The monoisotopic (exact) mass is 216 g/mol. The van der Waals surface area contributed by atoms with Crippen molar-refractivity contribution in [3.63, 3.8) is 0 Å². The third kappa shape index (κ3) is 1.31. The van der Waals surface area contributed by atoms with Crippen LogP contribution in [-0.4, -0.2) is 5.16 Å². The van der Waals surface area contributed by atoms with E-state index in [0.29, 0.717) is 19.0 Å². The molecule has 4 heteroatoms. The number of benzene rings is 1. The highest BCUT2D eigenvalue weighted by molar-refractivity contribution is 5.66. The molecule has 2 heterocycles. The number of hydrogen-bond acceptors (Lipinski definition) is 4. The summed E-state index contributed by atoms with van der Waals surface area (Å²) in [6.07, 6.45) is 0. The van der Waals surface area contributed by atoms with Crippen LogP contribution in [-0.2, 0) is 18.0 Å². The van der Waals surface area contributed by atoms with Crippen molar-refractivity contribution in [1.29, 1.82) is 0 Å². The largest absolute Gasteiger partial charge is 0.381 e. The molecule has 1 aromatic carbocycles. The molecule has 2 N–H and O–H groups in total. The summed E-state index contributed by atoms with van der Waals surface area (Å²) in [5.41, 5.74) is 10.0. The number of aromatic nitrogens is 1. The second-order valence-electron chi connectivity index (χ2n) is 4.00. The molecular weight excluding hydrogens is 204 g/mol. The zero-order valence-electron chi connectivity index (χ0n) is 8.99. The van der Waals surface area contributed by atoms with Crippen LogP contribution in [0.4, 0.5) is 5.82 Å². The lowest BCUT2D eigenvalue weighted by molar-refractivity contribution is 0.134. The second-order valence-corrected chi connectivity index (χ2v) is 4.00. The Morgan fingerprint density at radius 3 is 2.81 bits per heavy atom. The Balaban J connectivity index is 2.10. The summed E-state index contributed by atoms with van der Waals surface area (Å²) in [4.78, 5) is 0. The normalized spacial score (nSPS) is 14.1. The molecule has 0 bridgehead atoms. The predicted molar refractivity (Wildman–Crippen MR) is 59.6 cm³/mol. The van der Waals surface area contributed by atoms with Crippen molar-refractivity contribution >= 4 is 5.82 Å². The van der Waals surface area contributed by atoms with E-state index in [9.17, 15) is 0 Å². The average Bonchev–Trinajstić information content (AvgIpc) is 2.86. The summed E-state index contributed by atoms with van der Waals surface area (Å²) < 4.78 is 10.6. The zero-order valence-corrected chi connectivity index (χ0v) is 8.99. The van der Waals surface area contributed by atoms with Crippen molar-refractivity contribution in [3.8, 4) is 11.3 Å². The van der Waals surface area contributed by atoms with Crippen LogP contribution in [0.3, 0.4) is 0 Å². The number of nitrogen functional groups attached to an aromatic ring is 1. The van der Waals surface area contributed by atoms with Crippen molar-refractivity contribution in [2.45, 2.75) is 20.1 Å². The van der Waals surface area contributed by atoms with Crippen LogP contribution in [0.1, 0.15) is 16.7 Å². The number of rotatable bonds is 1. The fraction of sp³-hybridized carbons (Fsp3) is 0.250. The van der Waals surface area contributed by atoms with Gasteiger partial charge in [0.15, 0.2) is 11.6 Å². The first-order chi connectivity index (χ1) is 7.75. The van der Waals surface area contributed by atoms with E-state index in [4.69, 9.17) is 15.0 Å². The van der Waals surface area contributed by atoms with Gasteiger partial charge in [-0.1, -0.05) is 17.3 Å². The van der Waals surface area contributed by atoms with Gasteiger partial charge in [0.05, 0.1) is 13.2 Å². The van der Waals surface area contributed by atoms with E-state index >= 15 is 0 Å². The first kappa shape index (κ1) is 9.42. The molecule has 0 saturated heterocycles. The Labute approximate surface area is 93.0 Å². The van der Waals surface area contributed by atoms with Crippen LogP contribution in [0.15, 0.2) is 22.7 Å². The molecule has 1 aromatic heterocycles. The second kappa shape index (κ2) is 3.35. The van der Waals surface area contributed by atoms with E-state index in [1.807, 2.05) is 13.0 Å². The number of nitrogens with zero attached hydrogens (tertiary/aromatic N) is 1. The predicted octanol–water partition coefficient (Wildman–Crippen LogP) is 2.26. The van der Waals surface area contributed by atoms with Gasteiger partial charge in [0, 0.05) is 11.1 Å². The van der Waals surface area contributed by atoms with Crippen LogP contribution in [0.5, 0.6) is 0 Å². The third-order valence-corrected chi connectivity index (χ3v) is 2.94. The molecule has 0 saturated carbocycles. The van der Waals surface area contributed by atoms with Crippen molar-refractivity contribution in [2.75, 3.05) is 5.73 Å². The summed E-state index contributed by atoms with van der Waals surface area (Å²) in [6.45, 7) is 3.28. The van der Waals surface area contributed by atoms with Crippen LogP contribution in [0.2, 0.25) is 0 Å². The standard InChI is InChI=1S/C12H12N2O2/c1-7-11(16-14-12(7)13)8-2-3-9-5-15-6-10(9)4-8/h2-4H,5-6H2,1H3,(H2,13,14). The van der Waals surface area contributed by atoms with Crippen molar-refractivity contribution in [1.82, 2.24) is 5.16 Å². The highest BCUT2D eigenvalue weighted by Gasteiger charge is 2.16. The minimum absolute atomic E-state index is 0.451. The number of anilines is 1. The highest BCUT2D eigenvalue weighted by Crippen LogP contribution is 2.30. The van der Waals surface area contributed by atoms with Gasteiger partial charge in [0.2, 0.25) is 0 Å². The number of fused-ring (bicyclic) bond motifs is 1. The molecule has 3 rings (SSSR count). The maximum absolute atomic E-state index is 5.66. The summed E-state index contributed by atoms with van der Waals surface area (Å²) >= 11 is 0. The molecule has 1 aliphatic rings. The molecule has 0 amide bonds. The lowest BCUT2D eigenvalue weighted by Crippen LogP contribution is -1.87. The van der Waals surface area contributed by atoms with E-state index in [1.165, 1.54) is 11.1 Å². The Morgan fingerprint density at radius 1 is 1.25 bits per heavy atom. The van der Waals surface area contributed by atoms with E-state index in [0.717, 1.165) is 16.9 Å². The van der Waals surface area contributed by atoms with Crippen molar-refractivity contribution in [2.24, 2.45) is 0 Å². The summed E-state index contributed by atoms with van der Waals surface area (Å²) in [5.74, 6) is 1.19. The van der Waals surface area contributed by atoms with Gasteiger partial charge in [0.25, 0.3) is 0 Å². The minimum Gasteiger partial charge on any atom is -0.381 e. The molecule has 0 radical (unpaired) electrons. The SMILES string of the molecule is Cc1c(N)noc1-c1ccc2c(c1)COC2.